The zero-order valence-corrected chi connectivity index (χ0v) is 21.0. The lowest BCUT2D eigenvalue weighted by Gasteiger charge is -2.14. The van der Waals surface area contributed by atoms with Gasteiger partial charge < -0.3 is 0 Å². The van der Waals surface area contributed by atoms with Crippen molar-refractivity contribution in [3.05, 3.63) is 91.9 Å². The molecular weight excluding hydrogens is 533 g/mol. The van der Waals surface area contributed by atoms with Crippen LogP contribution in [0.25, 0.3) is 15.8 Å². The van der Waals surface area contributed by atoms with Crippen LogP contribution in [0.3, 0.4) is 0 Å². The van der Waals surface area contributed by atoms with E-state index < -0.39 is 51.2 Å². The molecular formula is C23H19F3N4O5S2. The quantitative estimate of drug-likeness (QED) is 0.393. The van der Waals surface area contributed by atoms with E-state index in [-0.39, 0.29) is 11.4 Å². The highest BCUT2D eigenvalue weighted by molar-refractivity contribution is 7.89. The van der Waals surface area contributed by atoms with E-state index >= 15 is 0 Å². The Morgan fingerprint density at radius 1 is 1.08 bits per heavy atom. The number of fused-ring (bicyclic) bond motifs is 1. The number of alkyl halides is 3. The van der Waals surface area contributed by atoms with Gasteiger partial charge in [0.25, 0.3) is 5.56 Å². The summed E-state index contributed by atoms with van der Waals surface area (Å²) in [5, 5.41) is 0.349. The van der Waals surface area contributed by atoms with Gasteiger partial charge in [-0.15, -0.1) is 0 Å². The minimum absolute atomic E-state index is 0.0272. The maximum atomic E-state index is 13.1. The fraction of sp³-hybridized carbons (Fsp3) is 0.217. The molecule has 0 aliphatic heterocycles. The Hall–Kier alpha value is -3.78. The molecule has 0 saturated heterocycles. The predicted octanol–water partition coefficient (Wildman–Crippen LogP) is 2.66. The van der Waals surface area contributed by atoms with E-state index in [4.69, 9.17) is 0 Å². The monoisotopic (exact) mass is 552 g/mol. The third-order valence-corrected chi connectivity index (χ3v) is 7.59. The molecule has 0 spiro atoms. The molecule has 2 heterocycles. The number of halogens is 3. The smallest absolute Gasteiger partial charge is 0.292 e. The molecule has 0 atom stereocenters. The predicted molar refractivity (Wildman–Crippen MR) is 131 cm³/mol. The molecule has 4 rings (SSSR count). The number of aromatic nitrogens is 3. The summed E-state index contributed by atoms with van der Waals surface area (Å²) in [4.78, 5) is 37.5. The fourth-order valence-electron chi connectivity index (χ4n) is 3.68. The molecule has 194 valence electrons. The first-order valence-electron chi connectivity index (χ1n) is 10.6. The number of amides is 1. The van der Waals surface area contributed by atoms with Crippen LogP contribution in [-0.4, -0.2) is 27.8 Å². The van der Waals surface area contributed by atoms with Gasteiger partial charge in [-0.05, 0) is 42.2 Å². The number of hydrogen-bond acceptors (Lipinski definition) is 7. The maximum absolute atomic E-state index is 13.1. The number of rotatable bonds is 6. The lowest BCUT2D eigenvalue weighted by atomic mass is 10.1. The number of aryl methyl sites for hydroxylation is 1. The number of hydrogen-bond donors (Lipinski definition) is 1. The Labute approximate surface area is 212 Å². The standard InChI is InChI=1S/C23H19F3N4O5S2/c1-13-3-5-14(6-4-13)12-37(34,35)28-20(31)10-17-16-9-15(7-8-18(16)36-27-17)30-21(32)11-19(23(24,25)26)29(2)22(30)33/h3-9,11H,10,12H2,1-2H3,(H,28,31). The van der Waals surface area contributed by atoms with Gasteiger partial charge in [0.05, 0.1) is 28.3 Å². The van der Waals surface area contributed by atoms with Crippen molar-refractivity contribution in [2.75, 3.05) is 0 Å². The number of nitrogens with one attached hydrogen (secondary N) is 1. The lowest BCUT2D eigenvalue weighted by molar-refractivity contribution is -0.144. The highest BCUT2D eigenvalue weighted by atomic mass is 32.2. The minimum Gasteiger partial charge on any atom is -0.292 e. The van der Waals surface area contributed by atoms with Gasteiger partial charge in [0, 0.05) is 18.5 Å². The first-order valence-corrected chi connectivity index (χ1v) is 13.1. The van der Waals surface area contributed by atoms with Crippen LogP contribution in [0.2, 0.25) is 0 Å². The summed E-state index contributed by atoms with van der Waals surface area (Å²) in [5.74, 6) is -1.24. The topological polar surface area (TPSA) is 120 Å². The summed E-state index contributed by atoms with van der Waals surface area (Å²) in [6, 6.07) is 11.3. The Balaban J connectivity index is 1.62. The summed E-state index contributed by atoms with van der Waals surface area (Å²) in [5.41, 5.74) is -2.17. The summed E-state index contributed by atoms with van der Waals surface area (Å²) in [7, 11) is -3.09. The van der Waals surface area contributed by atoms with Gasteiger partial charge in [-0.3, -0.25) is 18.9 Å². The third-order valence-electron chi connectivity index (χ3n) is 5.47. The highest BCUT2D eigenvalue weighted by Crippen LogP contribution is 2.28. The molecule has 9 nitrogen and oxygen atoms in total. The Morgan fingerprint density at radius 2 is 1.76 bits per heavy atom. The molecule has 4 aromatic rings. The van der Waals surface area contributed by atoms with Crippen molar-refractivity contribution in [3.8, 4) is 5.69 Å². The molecule has 0 aliphatic carbocycles. The molecule has 0 fully saturated rings. The van der Waals surface area contributed by atoms with Gasteiger partial charge in [-0.25, -0.2) is 17.8 Å². The largest absolute Gasteiger partial charge is 0.431 e. The van der Waals surface area contributed by atoms with Crippen LogP contribution in [0.15, 0.2) is 58.1 Å². The molecule has 14 heteroatoms. The Morgan fingerprint density at radius 3 is 2.41 bits per heavy atom. The molecule has 2 aromatic heterocycles. The average molecular weight is 553 g/mol. The lowest BCUT2D eigenvalue weighted by Crippen LogP contribution is -2.40. The summed E-state index contributed by atoms with van der Waals surface area (Å²) in [6.07, 6.45) is -5.32. The Kier molecular flexibility index (Phi) is 6.81. The summed E-state index contributed by atoms with van der Waals surface area (Å²) >= 11 is 1.00. The van der Waals surface area contributed by atoms with Crippen molar-refractivity contribution in [2.45, 2.75) is 25.3 Å². The molecule has 37 heavy (non-hydrogen) atoms. The second kappa shape index (κ2) is 9.59. The molecule has 0 saturated carbocycles. The van der Waals surface area contributed by atoms with Crippen LogP contribution in [0, 0.1) is 6.92 Å². The number of benzene rings is 2. The van der Waals surface area contributed by atoms with E-state index in [0.29, 0.717) is 30.9 Å². The van der Waals surface area contributed by atoms with Gasteiger partial charge in [-0.2, -0.15) is 17.5 Å². The molecule has 1 N–H and O–H groups in total. The number of sulfonamides is 1. The SMILES string of the molecule is Cc1ccc(CS(=O)(=O)NC(=O)Cc2nsc3ccc(-n4c(=O)cc(C(F)(F)F)n(C)c4=O)cc23)cc1. The van der Waals surface area contributed by atoms with Gasteiger partial charge in [0.1, 0.15) is 5.69 Å². The average Bonchev–Trinajstić information content (AvgIpc) is 3.18. The molecule has 2 aromatic carbocycles. The van der Waals surface area contributed by atoms with Crippen molar-refractivity contribution in [2.24, 2.45) is 7.05 Å². The second-order valence-electron chi connectivity index (χ2n) is 8.30. The van der Waals surface area contributed by atoms with E-state index in [1.165, 1.54) is 18.2 Å². The van der Waals surface area contributed by atoms with Gasteiger partial charge in [-0.1, -0.05) is 29.8 Å². The van der Waals surface area contributed by atoms with Crippen molar-refractivity contribution < 1.29 is 26.4 Å². The maximum Gasteiger partial charge on any atom is 0.431 e. The van der Waals surface area contributed by atoms with Crippen LogP contribution < -0.4 is 16.0 Å². The Bertz CT molecular complexity index is 1740. The first kappa shape index (κ1) is 26.3. The number of carbonyl (C=O) groups excluding carboxylic acids is 1. The van der Waals surface area contributed by atoms with Crippen LogP contribution in [0.4, 0.5) is 13.2 Å². The fourth-order valence-corrected chi connectivity index (χ4v) is 5.58. The van der Waals surface area contributed by atoms with Crippen molar-refractivity contribution >= 4 is 37.5 Å². The van der Waals surface area contributed by atoms with Crippen molar-refractivity contribution in [1.29, 1.82) is 0 Å². The second-order valence-corrected chi connectivity index (χ2v) is 10.8. The first-order chi connectivity index (χ1) is 17.2. The molecule has 0 aliphatic rings. The van der Waals surface area contributed by atoms with E-state index in [1.54, 1.807) is 24.3 Å². The summed E-state index contributed by atoms with van der Waals surface area (Å²) in [6.45, 7) is 1.86. The van der Waals surface area contributed by atoms with E-state index in [2.05, 4.69) is 4.37 Å². The molecule has 0 radical (unpaired) electrons. The van der Waals surface area contributed by atoms with E-state index in [1.807, 2.05) is 11.6 Å². The van der Waals surface area contributed by atoms with Gasteiger partial charge >= 0.3 is 11.9 Å². The van der Waals surface area contributed by atoms with Crippen molar-refractivity contribution in [3.63, 3.8) is 0 Å². The van der Waals surface area contributed by atoms with E-state index in [0.717, 1.165) is 24.1 Å². The third kappa shape index (κ3) is 5.64. The zero-order chi connectivity index (χ0) is 27.1. The normalized spacial score (nSPS) is 12.1. The summed E-state index contributed by atoms with van der Waals surface area (Å²) < 4.78 is 71.9. The molecule has 0 bridgehead atoms. The molecule has 1 amide bonds. The number of carbonyl (C=O) groups is 1. The van der Waals surface area contributed by atoms with Crippen LogP contribution in [-0.2, 0) is 40.2 Å². The molecule has 0 unspecified atom stereocenters. The minimum atomic E-state index is -4.90. The zero-order valence-electron chi connectivity index (χ0n) is 19.4. The van der Waals surface area contributed by atoms with Crippen LogP contribution >= 0.6 is 11.5 Å². The van der Waals surface area contributed by atoms with Crippen molar-refractivity contribution in [1.82, 2.24) is 18.2 Å². The van der Waals surface area contributed by atoms with Gasteiger partial charge in [0.2, 0.25) is 15.9 Å². The van der Waals surface area contributed by atoms with E-state index in [9.17, 15) is 36.0 Å². The van der Waals surface area contributed by atoms with Crippen LogP contribution in [0.5, 0.6) is 0 Å². The van der Waals surface area contributed by atoms with Gasteiger partial charge in [0.15, 0.2) is 0 Å². The van der Waals surface area contributed by atoms with Crippen LogP contribution in [0.1, 0.15) is 22.5 Å². The highest BCUT2D eigenvalue weighted by Gasteiger charge is 2.35. The number of nitrogens with zero attached hydrogens (tertiary/aromatic N) is 3.